The maximum atomic E-state index is 12.4. The standard InChI is InChI=1S/C19H28N2O/c1-13(2)11-14-3-5-15(6-4-14)18(16-7-8-16)21-19(22)17-9-10-20-12-17/h3-6,13,16-18,20H,7-12H2,1-2H3,(H,21,22). The summed E-state index contributed by atoms with van der Waals surface area (Å²) in [6.07, 6.45) is 4.56. The fourth-order valence-corrected chi connectivity index (χ4v) is 3.38. The van der Waals surface area contributed by atoms with Gasteiger partial charge in [-0.25, -0.2) is 0 Å². The van der Waals surface area contributed by atoms with Crippen LogP contribution in [0.1, 0.15) is 50.3 Å². The van der Waals surface area contributed by atoms with Gasteiger partial charge in [0, 0.05) is 6.54 Å². The van der Waals surface area contributed by atoms with Crippen molar-refractivity contribution in [3.63, 3.8) is 0 Å². The molecule has 1 aromatic rings. The van der Waals surface area contributed by atoms with Crippen molar-refractivity contribution in [2.75, 3.05) is 13.1 Å². The number of nitrogens with one attached hydrogen (secondary N) is 2. The van der Waals surface area contributed by atoms with Crippen LogP contribution in [0.2, 0.25) is 0 Å². The zero-order chi connectivity index (χ0) is 15.5. The van der Waals surface area contributed by atoms with E-state index in [-0.39, 0.29) is 17.9 Å². The van der Waals surface area contributed by atoms with Crippen LogP contribution < -0.4 is 10.6 Å². The predicted octanol–water partition coefficient (Wildman–Crippen LogP) is 3.06. The maximum Gasteiger partial charge on any atom is 0.224 e. The van der Waals surface area contributed by atoms with Gasteiger partial charge in [0.15, 0.2) is 0 Å². The van der Waals surface area contributed by atoms with E-state index in [9.17, 15) is 4.79 Å². The molecule has 3 rings (SSSR count). The number of hydrogen-bond acceptors (Lipinski definition) is 2. The van der Waals surface area contributed by atoms with Crippen LogP contribution in [0.25, 0.3) is 0 Å². The maximum absolute atomic E-state index is 12.4. The first kappa shape index (κ1) is 15.5. The number of amides is 1. The van der Waals surface area contributed by atoms with Crippen molar-refractivity contribution >= 4 is 5.91 Å². The second-order valence-corrected chi connectivity index (χ2v) is 7.35. The largest absolute Gasteiger partial charge is 0.349 e. The molecule has 0 radical (unpaired) electrons. The Balaban J connectivity index is 1.66. The van der Waals surface area contributed by atoms with Crippen molar-refractivity contribution in [2.45, 2.75) is 45.6 Å². The van der Waals surface area contributed by atoms with Crippen molar-refractivity contribution in [1.82, 2.24) is 10.6 Å². The minimum absolute atomic E-state index is 0.154. The number of carbonyl (C=O) groups is 1. The summed E-state index contributed by atoms with van der Waals surface area (Å²) in [6.45, 7) is 6.29. The SMILES string of the molecule is CC(C)Cc1ccc(C(NC(=O)C2CCNC2)C2CC2)cc1. The fraction of sp³-hybridized carbons (Fsp3) is 0.632. The summed E-state index contributed by atoms with van der Waals surface area (Å²) in [6, 6.07) is 9.10. The molecule has 1 saturated carbocycles. The third-order valence-corrected chi connectivity index (χ3v) is 4.81. The summed E-state index contributed by atoms with van der Waals surface area (Å²) in [5.41, 5.74) is 2.66. The Kier molecular flexibility index (Phi) is 4.82. The molecule has 1 amide bonds. The summed E-state index contributed by atoms with van der Waals surface area (Å²) >= 11 is 0. The first-order valence-corrected chi connectivity index (χ1v) is 8.73. The van der Waals surface area contributed by atoms with Gasteiger partial charge >= 0.3 is 0 Å². The lowest BCUT2D eigenvalue weighted by atomic mass is 9.96. The molecule has 1 saturated heterocycles. The highest BCUT2D eigenvalue weighted by molar-refractivity contribution is 5.79. The van der Waals surface area contributed by atoms with E-state index in [1.165, 1.54) is 24.0 Å². The molecule has 2 atom stereocenters. The van der Waals surface area contributed by atoms with Gasteiger partial charge in [-0.15, -0.1) is 0 Å². The van der Waals surface area contributed by atoms with Crippen LogP contribution >= 0.6 is 0 Å². The number of carbonyl (C=O) groups excluding carboxylic acids is 1. The van der Waals surface area contributed by atoms with E-state index in [2.05, 4.69) is 48.7 Å². The molecule has 2 fully saturated rings. The quantitative estimate of drug-likeness (QED) is 0.848. The lowest BCUT2D eigenvalue weighted by molar-refractivity contribution is -0.125. The molecular formula is C19H28N2O. The molecule has 0 spiro atoms. The second kappa shape index (κ2) is 6.82. The summed E-state index contributed by atoms with van der Waals surface area (Å²) < 4.78 is 0. The number of rotatable bonds is 6. The molecule has 120 valence electrons. The highest BCUT2D eigenvalue weighted by Crippen LogP contribution is 2.41. The second-order valence-electron chi connectivity index (χ2n) is 7.35. The minimum Gasteiger partial charge on any atom is -0.349 e. The summed E-state index contributed by atoms with van der Waals surface area (Å²) in [5.74, 6) is 1.70. The lowest BCUT2D eigenvalue weighted by Crippen LogP contribution is -2.35. The van der Waals surface area contributed by atoms with E-state index < -0.39 is 0 Å². The molecule has 1 aliphatic heterocycles. The van der Waals surface area contributed by atoms with E-state index >= 15 is 0 Å². The highest BCUT2D eigenvalue weighted by atomic mass is 16.2. The molecule has 1 heterocycles. The smallest absolute Gasteiger partial charge is 0.224 e. The van der Waals surface area contributed by atoms with Crippen LogP contribution in [0.3, 0.4) is 0 Å². The first-order chi connectivity index (χ1) is 10.6. The topological polar surface area (TPSA) is 41.1 Å². The normalized spacial score (nSPS) is 22.8. The van der Waals surface area contributed by atoms with E-state index in [4.69, 9.17) is 0 Å². The van der Waals surface area contributed by atoms with Crippen molar-refractivity contribution in [3.05, 3.63) is 35.4 Å². The van der Waals surface area contributed by atoms with Gasteiger partial charge in [0.05, 0.1) is 12.0 Å². The number of hydrogen-bond donors (Lipinski definition) is 2. The van der Waals surface area contributed by atoms with E-state index in [0.29, 0.717) is 11.8 Å². The monoisotopic (exact) mass is 300 g/mol. The van der Waals surface area contributed by atoms with Gasteiger partial charge in [0.25, 0.3) is 0 Å². The van der Waals surface area contributed by atoms with Crippen molar-refractivity contribution in [3.8, 4) is 0 Å². The van der Waals surface area contributed by atoms with E-state index in [1.54, 1.807) is 0 Å². The first-order valence-electron chi connectivity index (χ1n) is 8.73. The Bertz CT molecular complexity index is 499. The Hall–Kier alpha value is -1.35. The molecule has 2 N–H and O–H groups in total. The minimum atomic E-state index is 0.154. The Morgan fingerprint density at radius 2 is 1.95 bits per heavy atom. The van der Waals surface area contributed by atoms with Crippen LogP contribution in [-0.4, -0.2) is 19.0 Å². The third kappa shape index (κ3) is 3.89. The Morgan fingerprint density at radius 1 is 1.23 bits per heavy atom. The zero-order valence-electron chi connectivity index (χ0n) is 13.8. The summed E-state index contributed by atoms with van der Waals surface area (Å²) in [4.78, 5) is 12.4. The van der Waals surface area contributed by atoms with Crippen LogP contribution in [0.4, 0.5) is 0 Å². The molecule has 0 aromatic heterocycles. The fourth-order valence-electron chi connectivity index (χ4n) is 3.38. The van der Waals surface area contributed by atoms with Gasteiger partial charge in [-0.2, -0.15) is 0 Å². The molecule has 3 nitrogen and oxygen atoms in total. The Morgan fingerprint density at radius 3 is 2.50 bits per heavy atom. The average Bonchev–Trinajstić information content (AvgIpc) is 3.18. The van der Waals surface area contributed by atoms with Gasteiger partial charge < -0.3 is 10.6 Å². The highest BCUT2D eigenvalue weighted by Gasteiger charge is 2.35. The van der Waals surface area contributed by atoms with Crippen molar-refractivity contribution in [2.24, 2.45) is 17.8 Å². The van der Waals surface area contributed by atoms with E-state index in [1.807, 2.05) is 0 Å². The van der Waals surface area contributed by atoms with Gasteiger partial charge in [0.1, 0.15) is 0 Å². The van der Waals surface area contributed by atoms with Crippen LogP contribution in [0.5, 0.6) is 0 Å². The number of benzene rings is 1. The van der Waals surface area contributed by atoms with Gasteiger partial charge in [-0.1, -0.05) is 38.1 Å². The molecule has 0 bridgehead atoms. The van der Waals surface area contributed by atoms with Gasteiger partial charge in [-0.3, -0.25) is 4.79 Å². The lowest BCUT2D eigenvalue weighted by Gasteiger charge is -2.21. The predicted molar refractivity (Wildman–Crippen MR) is 89.6 cm³/mol. The van der Waals surface area contributed by atoms with Crippen molar-refractivity contribution in [1.29, 1.82) is 0 Å². The summed E-state index contributed by atoms with van der Waals surface area (Å²) in [5, 5.41) is 6.59. The van der Waals surface area contributed by atoms with E-state index in [0.717, 1.165) is 25.9 Å². The molecule has 1 aliphatic carbocycles. The molecule has 1 aromatic carbocycles. The van der Waals surface area contributed by atoms with Gasteiger partial charge in [-0.05, 0) is 55.2 Å². The van der Waals surface area contributed by atoms with Crippen molar-refractivity contribution < 1.29 is 4.79 Å². The molecule has 3 heteroatoms. The Labute approximate surface area is 133 Å². The van der Waals surface area contributed by atoms with Crippen LogP contribution in [-0.2, 0) is 11.2 Å². The van der Waals surface area contributed by atoms with Crippen LogP contribution in [0, 0.1) is 17.8 Å². The third-order valence-electron chi connectivity index (χ3n) is 4.81. The zero-order valence-corrected chi connectivity index (χ0v) is 13.8. The average molecular weight is 300 g/mol. The molecule has 22 heavy (non-hydrogen) atoms. The van der Waals surface area contributed by atoms with Gasteiger partial charge in [0.2, 0.25) is 5.91 Å². The molecule has 2 aliphatic rings. The molecule has 2 unspecified atom stereocenters. The molecular weight excluding hydrogens is 272 g/mol. The van der Waals surface area contributed by atoms with Crippen LogP contribution in [0.15, 0.2) is 24.3 Å². The summed E-state index contributed by atoms with van der Waals surface area (Å²) in [7, 11) is 0.